The summed E-state index contributed by atoms with van der Waals surface area (Å²) in [5.74, 6) is 1.27. The van der Waals surface area contributed by atoms with Crippen LogP contribution in [0.15, 0.2) is 0 Å². The first kappa shape index (κ1) is 17.7. The molecule has 2 aliphatic rings. The SMILES string of the molecule is CC(C)(C)NC(=O)C1CCN(CC2CN(C(C)(C)C)C2)CC1. The van der Waals surface area contributed by atoms with Gasteiger partial charge in [0.25, 0.3) is 0 Å². The number of amides is 1. The molecule has 0 aromatic heterocycles. The minimum atomic E-state index is -0.115. The van der Waals surface area contributed by atoms with E-state index in [2.05, 4.69) is 56.7 Å². The van der Waals surface area contributed by atoms with Gasteiger partial charge in [0, 0.05) is 36.6 Å². The predicted molar refractivity (Wildman–Crippen MR) is 91.9 cm³/mol. The third kappa shape index (κ3) is 4.95. The van der Waals surface area contributed by atoms with E-state index in [0.717, 1.165) is 31.8 Å². The summed E-state index contributed by atoms with van der Waals surface area (Å²) in [6.07, 6.45) is 2.02. The lowest BCUT2D eigenvalue weighted by molar-refractivity contribution is -0.128. The van der Waals surface area contributed by atoms with Crippen molar-refractivity contribution in [3.05, 3.63) is 0 Å². The van der Waals surface area contributed by atoms with Crippen LogP contribution in [0.4, 0.5) is 0 Å². The first-order chi connectivity index (χ1) is 10.0. The molecule has 0 spiro atoms. The molecule has 1 N–H and O–H groups in total. The number of likely N-dealkylation sites (tertiary alicyclic amines) is 2. The fourth-order valence-electron chi connectivity index (χ4n) is 3.45. The van der Waals surface area contributed by atoms with Crippen LogP contribution < -0.4 is 5.32 Å². The standard InChI is InChI=1S/C18H35N3O/c1-17(2,3)19-16(22)15-7-9-20(10-8-15)11-14-12-21(13-14)18(4,5)6/h14-15H,7-13H2,1-6H3,(H,19,22). The van der Waals surface area contributed by atoms with Gasteiger partial charge in [0.1, 0.15) is 0 Å². The van der Waals surface area contributed by atoms with Gasteiger partial charge in [-0.2, -0.15) is 0 Å². The Balaban J connectivity index is 1.67. The summed E-state index contributed by atoms with van der Waals surface area (Å²) < 4.78 is 0. The van der Waals surface area contributed by atoms with Gasteiger partial charge in [-0.05, 0) is 73.4 Å². The van der Waals surface area contributed by atoms with E-state index in [1.807, 2.05) is 0 Å². The molecule has 4 heteroatoms. The highest BCUT2D eigenvalue weighted by molar-refractivity contribution is 5.79. The quantitative estimate of drug-likeness (QED) is 0.869. The Morgan fingerprint density at radius 1 is 1.05 bits per heavy atom. The number of hydrogen-bond donors (Lipinski definition) is 1. The zero-order chi connectivity index (χ0) is 16.5. The molecular formula is C18H35N3O. The molecule has 2 aliphatic heterocycles. The number of nitrogens with zero attached hydrogens (tertiary/aromatic N) is 2. The smallest absolute Gasteiger partial charge is 0.223 e. The van der Waals surface area contributed by atoms with Gasteiger partial charge in [-0.15, -0.1) is 0 Å². The van der Waals surface area contributed by atoms with Gasteiger partial charge in [-0.3, -0.25) is 9.69 Å². The molecule has 0 aliphatic carbocycles. The molecule has 0 unspecified atom stereocenters. The Morgan fingerprint density at radius 2 is 1.59 bits per heavy atom. The second kappa shape index (κ2) is 6.48. The third-order valence-electron chi connectivity index (χ3n) is 4.88. The average Bonchev–Trinajstić information content (AvgIpc) is 2.30. The van der Waals surface area contributed by atoms with E-state index in [9.17, 15) is 4.79 Å². The highest BCUT2D eigenvalue weighted by Gasteiger charge is 2.36. The fraction of sp³-hybridized carbons (Fsp3) is 0.944. The fourth-order valence-corrected chi connectivity index (χ4v) is 3.45. The Kier molecular flexibility index (Phi) is 5.23. The Hall–Kier alpha value is -0.610. The maximum absolute atomic E-state index is 12.2. The van der Waals surface area contributed by atoms with Gasteiger partial charge < -0.3 is 10.2 Å². The van der Waals surface area contributed by atoms with Gasteiger partial charge in [-0.25, -0.2) is 0 Å². The molecule has 128 valence electrons. The van der Waals surface area contributed by atoms with E-state index in [4.69, 9.17) is 0 Å². The van der Waals surface area contributed by atoms with Crippen molar-refractivity contribution in [3.8, 4) is 0 Å². The summed E-state index contributed by atoms with van der Waals surface area (Å²) >= 11 is 0. The third-order valence-corrected chi connectivity index (χ3v) is 4.88. The second-order valence-corrected chi connectivity index (χ2v) is 9.26. The van der Waals surface area contributed by atoms with Crippen LogP contribution >= 0.6 is 0 Å². The van der Waals surface area contributed by atoms with Crippen LogP contribution in [0.2, 0.25) is 0 Å². The molecule has 2 rings (SSSR count). The zero-order valence-electron chi connectivity index (χ0n) is 15.4. The van der Waals surface area contributed by atoms with Gasteiger partial charge in [0.05, 0.1) is 0 Å². The molecule has 0 aromatic rings. The maximum atomic E-state index is 12.2. The van der Waals surface area contributed by atoms with Crippen molar-refractivity contribution in [1.29, 1.82) is 0 Å². The molecule has 0 atom stereocenters. The lowest BCUT2D eigenvalue weighted by Crippen LogP contribution is -2.59. The second-order valence-electron chi connectivity index (χ2n) is 9.26. The van der Waals surface area contributed by atoms with E-state index >= 15 is 0 Å². The summed E-state index contributed by atoms with van der Waals surface area (Å²) in [5, 5.41) is 3.13. The minimum absolute atomic E-state index is 0.115. The Morgan fingerprint density at radius 3 is 2.05 bits per heavy atom. The van der Waals surface area contributed by atoms with E-state index in [0.29, 0.717) is 5.54 Å². The van der Waals surface area contributed by atoms with Gasteiger partial charge >= 0.3 is 0 Å². The number of nitrogens with one attached hydrogen (secondary N) is 1. The van der Waals surface area contributed by atoms with Crippen LogP contribution in [0.5, 0.6) is 0 Å². The van der Waals surface area contributed by atoms with Crippen molar-refractivity contribution in [2.45, 2.75) is 65.5 Å². The maximum Gasteiger partial charge on any atom is 0.223 e. The lowest BCUT2D eigenvalue weighted by Gasteiger charge is -2.49. The summed E-state index contributed by atoms with van der Waals surface area (Å²) in [5.41, 5.74) is 0.200. The highest BCUT2D eigenvalue weighted by atomic mass is 16.2. The minimum Gasteiger partial charge on any atom is -0.351 e. The summed E-state index contributed by atoms with van der Waals surface area (Å²) in [6.45, 7) is 18.9. The first-order valence-electron chi connectivity index (χ1n) is 8.84. The predicted octanol–water partition coefficient (Wildman–Crippen LogP) is 2.34. The van der Waals surface area contributed by atoms with Crippen LogP contribution in [0.25, 0.3) is 0 Å². The van der Waals surface area contributed by atoms with E-state index < -0.39 is 0 Å². The van der Waals surface area contributed by atoms with Crippen LogP contribution in [0.1, 0.15) is 54.4 Å². The van der Waals surface area contributed by atoms with Gasteiger partial charge in [0.2, 0.25) is 5.91 Å². The molecule has 0 radical (unpaired) electrons. The molecule has 2 fully saturated rings. The molecule has 2 saturated heterocycles. The highest BCUT2D eigenvalue weighted by Crippen LogP contribution is 2.27. The summed E-state index contributed by atoms with van der Waals surface area (Å²) in [6, 6.07) is 0. The van der Waals surface area contributed by atoms with Crippen molar-refractivity contribution >= 4 is 5.91 Å². The van der Waals surface area contributed by atoms with Gasteiger partial charge in [-0.1, -0.05) is 0 Å². The zero-order valence-corrected chi connectivity index (χ0v) is 15.4. The van der Waals surface area contributed by atoms with Crippen LogP contribution in [0.3, 0.4) is 0 Å². The Labute approximate surface area is 136 Å². The molecule has 1 amide bonds. The van der Waals surface area contributed by atoms with E-state index in [-0.39, 0.29) is 17.4 Å². The van der Waals surface area contributed by atoms with Gasteiger partial charge in [0.15, 0.2) is 0 Å². The number of rotatable bonds is 3. The lowest BCUT2D eigenvalue weighted by atomic mass is 9.90. The Bertz CT molecular complexity index is 380. The van der Waals surface area contributed by atoms with Crippen LogP contribution in [0, 0.1) is 11.8 Å². The molecule has 0 saturated carbocycles. The molecular weight excluding hydrogens is 274 g/mol. The molecule has 4 nitrogen and oxygen atoms in total. The largest absolute Gasteiger partial charge is 0.351 e. The topological polar surface area (TPSA) is 35.6 Å². The number of carbonyl (C=O) groups excluding carboxylic acids is 1. The van der Waals surface area contributed by atoms with Crippen molar-refractivity contribution in [2.75, 3.05) is 32.7 Å². The number of carbonyl (C=O) groups is 1. The molecule has 2 heterocycles. The van der Waals surface area contributed by atoms with Crippen LogP contribution in [-0.2, 0) is 4.79 Å². The van der Waals surface area contributed by atoms with Crippen molar-refractivity contribution in [1.82, 2.24) is 15.1 Å². The summed E-state index contributed by atoms with van der Waals surface area (Å²) in [7, 11) is 0. The number of hydrogen-bond acceptors (Lipinski definition) is 3. The van der Waals surface area contributed by atoms with E-state index in [1.54, 1.807) is 0 Å². The number of piperidine rings is 1. The van der Waals surface area contributed by atoms with Crippen molar-refractivity contribution < 1.29 is 4.79 Å². The normalized spacial score (nSPS) is 23.4. The van der Waals surface area contributed by atoms with Crippen molar-refractivity contribution in [2.24, 2.45) is 11.8 Å². The monoisotopic (exact) mass is 309 g/mol. The van der Waals surface area contributed by atoms with Crippen molar-refractivity contribution in [3.63, 3.8) is 0 Å². The average molecular weight is 309 g/mol. The van der Waals surface area contributed by atoms with E-state index in [1.165, 1.54) is 19.6 Å². The molecule has 0 bridgehead atoms. The first-order valence-corrected chi connectivity index (χ1v) is 8.84. The summed E-state index contributed by atoms with van der Waals surface area (Å²) in [4.78, 5) is 17.3. The molecule has 0 aromatic carbocycles. The molecule has 22 heavy (non-hydrogen) atoms. The van der Waals surface area contributed by atoms with Crippen LogP contribution in [-0.4, -0.2) is 59.5 Å².